The molecule has 0 spiro atoms. The van der Waals surface area contributed by atoms with Gasteiger partial charge in [0, 0.05) is 31.9 Å². The Morgan fingerprint density at radius 2 is 2.07 bits per heavy atom. The van der Waals surface area contributed by atoms with Gasteiger partial charge in [-0.2, -0.15) is 0 Å². The molecule has 7 nitrogen and oxygen atoms in total. The van der Waals surface area contributed by atoms with E-state index in [-0.39, 0.29) is 30.0 Å². The SMILES string of the molecule is CN=C(NCc1cccnc1OC)NCC(c1ccco1)N1CCCCC1.I. The summed E-state index contributed by atoms with van der Waals surface area (Å²) in [7, 11) is 3.41. The monoisotopic (exact) mass is 499 g/mol. The van der Waals surface area contributed by atoms with Crippen LogP contribution in [0.15, 0.2) is 46.1 Å². The third-order valence-electron chi connectivity index (χ3n) is 4.88. The van der Waals surface area contributed by atoms with E-state index in [1.54, 1.807) is 26.6 Å². The number of aromatic nitrogens is 1. The minimum atomic E-state index is 0. The zero-order valence-electron chi connectivity index (χ0n) is 16.6. The maximum atomic E-state index is 5.71. The second-order valence-electron chi connectivity index (χ2n) is 6.61. The molecule has 3 rings (SSSR count). The third kappa shape index (κ3) is 6.10. The lowest BCUT2D eigenvalue weighted by atomic mass is 10.1. The second-order valence-corrected chi connectivity index (χ2v) is 6.61. The number of methoxy groups -OCH3 is 1. The second kappa shape index (κ2) is 11.9. The predicted molar refractivity (Wildman–Crippen MR) is 121 cm³/mol. The fourth-order valence-corrected chi connectivity index (χ4v) is 3.46. The summed E-state index contributed by atoms with van der Waals surface area (Å²) in [6, 6.07) is 8.10. The Kier molecular flexibility index (Phi) is 9.56. The van der Waals surface area contributed by atoms with E-state index >= 15 is 0 Å². The molecule has 1 atom stereocenters. The molecular formula is C20H30IN5O2. The van der Waals surface area contributed by atoms with Crippen LogP contribution in [0.3, 0.4) is 0 Å². The molecule has 2 aromatic heterocycles. The average molecular weight is 499 g/mol. The van der Waals surface area contributed by atoms with Gasteiger partial charge in [-0.15, -0.1) is 24.0 Å². The van der Waals surface area contributed by atoms with E-state index in [2.05, 4.69) is 31.6 Å². The van der Waals surface area contributed by atoms with Crippen molar-refractivity contribution in [1.82, 2.24) is 20.5 Å². The maximum Gasteiger partial charge on any atom is 0.218 e. The topological polar surface area (TPSA) is 74.9 Å². The van der Waals surface area contributed by atoms with Crippen molar-refractivity contribution in [3.05, 3.63) is 48.0 Å². The first-order valence-corrected chi connectivity index (χ1v) is 9.51. The smallest absolute Gasteiger partial charge is 0.218 e. The third-order valence-corrected chi connectivity index (χ3v) is 4.88. The van der Waals surface area contributed by atoms with Gasteiger partial charge >= 0.3 is 0 Å². The highest BCUT2D eigenvalue weighted by Gasteiger charge is 2.24. The molecule has 3 heterocycles. The van der Waals surface area contributed by atoms with Crippen LogP contribution >= 0.6 is 24.0 Å². The first-order chi connectivity index (χ1) is 13.3. The molecular weight excluding hydrogens is 469 g/mol. The van der Waals surface area contributed by atoms with Crippen molar-refractivity contribution in [3.63, 3.8) is 0 Å². The number of hydrogen-bond donors (Lipinski definition) is 2. The Labute approximate surface area is 184 Å². The lowest BCUT2D eigenvalue weighted by molar-refractivity contribution is 0.146. The summed E-state index contributed by atoms with van der Waals surface area (Å²) in [5, 5.41) is 6.77. The molecule has 0 bridgehead atoms. The van der Waals surface area contributed by atoms with Crippen molar-refractivity contribution in [2.24, 2.45) is 4.99 Å². The Hall–Kier alpha value is -1.81. The van der Waals surface area contributed by atoms with Crippen molar-refractivity contribution in [2.45, 2.75) is 31.8 Å². The quantitative estimate of drug-likeness (QED) is 0.347. The van der Waals surface area contributed by atoms with Crippen molar-refractivity contribution in [3.8, 4) is 5.88 Å². The van der Waals surface area contributed by atoms with Crippen LogP contribution in [0, 0.1) is 0 Å². The van der Waals surface area contributed by atoms with Crippen LogP contribution in [0.1, 0.15) is 36.6 Å². The number of aliphatic imine (C=N–C) groups is 1. The average Bonchev–Trinajstić information content (AvgIpc) is 3.26. The number of pyridine rings is 1. The number of nitrogens with zero attached hydrogens (tertiary/aromatic N) is 3. The van der Waals surface area contributed by atoms with E-state index < -0.39 is 0 Å². The number of ether oxygens (including phenoxy) is 1. The largest absolute Gasteiger partial charge is 0.481 e. The van der Waals surface area contributed by atoms with Gasteiger partial charge < -0.3 is 19.8 Å². The van der Waals surface area contributed by atoms with E-state index in [9.17, 15) is 0 Å². The fourth-order valence-electron chi connectivity index (χ4n) is 3.46. The summed E-state index contributed by atoms with van der Waals surface area (Å²) in [4.78, 5) is 11.1. The van der Waals surface area contributed by atoms with Crippen LogP contribution < -0.4 is 15.4 Å². The van der Waals surface area contributed by atoms with E-state index in [4.69, 9.17) is 9.15 Å². The summed E-state index contributed by atoms with van der Waals surface area (Å²) in [6.07, 6.45) is 7.26. The van der Waals surface area contributed by atoms with E-state index in [1.807, 2.05) is 18.2 Å². The van der Waals surface area contributed by atoms with Crippen LogP contribution in [-0.4, -0.2) is 49.6 Å². The Bertz CT molecular complexity index is 717. The van der Waals surface area contributed by atoms with Gasteiger partial charge in [0.1, 0.15) is 5.76 Å². The zero-order chi connectivity index (χ0) is 18.9. The maximum absolute atomic E-state index is 5.71. The molecule has 0 aliphatic carbocycles. The van der Waals surface area contributed by atoms with Gasteiger partial charge in [0.05, 0.1) is 19.4 Å². The molecule has 2 aromatic rings. The summed E-state index contributed by atoms with van der Waals surface area (Å²) in [6.45, 7) is 3.53. The minimum Gasteiger partial charge on any atom is -0.481 e. The molecule has 2 N–H and O–H groups in total. The molecule has 0 aromatic carbocycles. The van der Waals surface area contributed by atoms with Gasteiger partial charge in [-0.25, -0.2) is 4.98 Å². The van der Waals surface area contributed by atoms with Crippen LogP contribution in [0.2, 0.25) is 0 Å². The molecule has 0 saturated carbocycles. The van der Waals surface area contributed by atoms with Gasteiger partial charge in [0.2, 0.25) is 5.88 Å². The molecule has 0 radical (unpaired) electrons. The molecule has 28 heavy (non-hydrogen) atoms. The number of piperidine rings is 1. The number of likely N-dealkylation sites (tertiary alicyclic amines) is 1. The van der Waals surface area contributed by atoms with Crippen LogP contribution in [0.25, 0.3) is 0 Å². The van der Waals surface area contributed by atoms with Gasteiger partial charge in [-0.1, -0.05) is 12.5 Å². The van der Waals surface area contributed by atoms with Gasteiger partial charge in [-0.05, 0) is 44.1 Å². The number of guanidine groups is 1. The number of halogens is 1. The number of rotatable bonds is 7. The van der Waals surface area contributed by atoms with Crippen molar-refractivity contribution in [1.29, 1.82) is 0 Å². The molecule has 1 aliphatic rings. The first-order valence-electron chi connectivity index (χ1n) is 9.51. The molecule has 1 unspecified atom stereocenters. The highest BCUT2D eigenvalue weighted by Crippen LogP contribution is 2.24. The van der Waals surface area contributed by atoms with E-state index in [0.717, 1.165) is 36.9 Å². The standard InChI is InChI=1S/C20H29N5O2.HI/c1-21-20(23-14-16-8-6-10-22-19(16)26-2)24-15-17(18-9-7-13-27-18)25-11-4-3-5-12-25;/h6-10,13,17H,3-5,11-12,14-15H2,1-2H3,(H2,21,23,24);1H. The Morgan fingerprint density at radius 1 is 1.25 bits per heavy atom. The zero-order valence-corrected chi connectivity index (χ0v) is 18.9. The lowest BCUT2D eigenvalue weighted by Gasteiger charge is -2.33. The van der Waals surface area contributed by atoms with E-state index in [1.165, 1.54) is 19.3 Å². The number of furan rings is 1. The summed E-state index contributed by atoms with van der Waals surface area (Å²) < 4.78 is 11.0. The summed E-state index contributed by atoms with van der Waals surface area (Å²) >= 11 is 0. The highest BCUT2D eigenvalue weighted by molar-refractivity contribution is 14.0. The molecule has 1 aliphatic heterocycles. The molecule has 8 heteroatoms. The normalized spacial score (nSPS) is 16.1. The van der Waals surface area contributed by atoms with Gasteiger partial charge in [0.15, 0.2) is 5.96 Å². The number of nitrogens with one attached hydrogen (secondary N) is 2. The van der Waals surface area contributed by atoms with Crippen molar-refractivity contribution < 1.29 is 9.15 Å². The lowest BCUT2D eigenvalue weighted by Crippen LogP contribution is -2.44. The van der Waals surface area contributed by atoms with Crippen LogP contribution in [-0.2, 0) is 6.54 Å². The Morgan fingerprint density at radius 3 is 2.75 bits per heavy atom. The highest BCUT2D eigenvalue weighted by atomic mass is 127. The van der Waals surface area contributed by atoms with Gasteiger partial charge in [0.25, 0.3) is 0 Å². The van der Waals surface area contributed by atoms with Crippen molar-refractivity contribution in [2.75, 3.05) is 33.8 Å². The minimum absolute atomic E-state index is 0. The van der Waals surface area contributed by atoms with E-state index in [0.29, 0.717) is 12.4 Å². The van der Waals surface area contributed by atoms with Crippen molar-refractivity contribution >= 4 is 29.9 Å². The molecule has 0 amide bonds. The summed E-state index contributed by atoms with van der Waals surface area (Å²) in [5.41, 5.74) is 0.988. The fraction of sp³-hybridized carbons (Fsp3) is 0.500. The Balaban J connectivity index is 0.00000280. The van der Waals surface area contributed by atoms with Crippen LogP contribution in [0.4, 0.5) is 0 Å². The predicted octanol–water partition coefficient (Wildman–Crippen LogP) is 3.19. The molecule has 1 fully saturated rings. The molecule has 154 valence electrons. The number of hydrogen-bond acceptors (Lipinski definition) is 5. The van der Waals surface area contributed by atoms with Crippen LogP contribution in [0.5, 0.6) is 5.88 Å². The summed E-state index contributed by atoms with van der Waals surface area (Å²) in [5.74, 6) is 2.37. The molecule has 1 saturated heterocycles. The first kappa shape index (κ1) is 22.5. The van der Waals surface area contributed by atoms with Gasteiger partial charge in [-0.3, -0.25) is 9.89 Å².